The highest BCUT2D eigenvalue weighted by molar-refractivity contribution is 5.91. The van der Waals surface area contributed by atoms with Crippen LogP contribution in [0.2, 0.25) is 0 Å². The molecule has 0 aliphatic heterocycles. The van der Waals surface area contributed by atoms with Gasteiger partial charge >= 0.3 is 0 Å². The molecular weight excluding hydrogens is 446 g/mol. The predicted octanol–water partition coefficient (Wildman–Crippen LogP) is 9.54. The molecule has 0 N–H and O–H groups in total. The van der Waals surface area contributed by atoms with Crippen molar-refractivity contribution in [3.8, 4) is 44.8 Å². The summed E-state index contributed by atoms with van der Waals surface area (Å²) in [6, 6.07) is 45.9. The smallest absolute Gasteiger partial charge is 0.0753 e. The summed E-state index contributed by atoms with van der Waals surface area (Å²) in [5.41, 5.74) is 12.0. The Hall–Kier alpha value is -4.49. The molecule has 0 amide bonds. The Bertz CT molecular complexity index is 1780. The monoisotopic (exact) mass is 473 g/mol. The van der Waals surface area contributed by atoms with E-state index in [-0.39, 0.29) is 5.41 Å². The van der Waals surface area contributed by atoms with Gasteiger partial charge in [-0.15, -0.1) is 0 Å². The molecule has 0 radical (unpaired) electrons. The minimum Gasteiger partial charge on any atom is -0.247 e. The zero-order valence-corrected chi connectivity index (χ0v) is 21.1. The first-order chi connectivity index (χ1) is 18.1. The summed E-state index contributed by atoms with van der Waals surface area (Å²) in [7, 11) is 0. The number of fused-ring (bicyclic) bond motifs is 4. The zero-order chi connectivity index (χ0) is 25.0. The van der Waals surface area contributed by atoms with Gasteiger partial charge in [-0.25, -0.2) is 4.98 Å². The minimum absolute atomic E-state index is 0.0883. The first-order valence-corrected chi connectivity index (χ1v) is 12.9. The van der Waals surface area contributed by atoms with E-state index in [2.05, 4.69) is 141 Å². The van der Waals surface area contributed by atoms with Crippen molar-refractivity contribution >= 4 is 10.8 Å². The number of aromatic nitrogens is 1. The van der Waals surface area contributed by atoms with E-state index in [1.807, 2.05) is 0 Å². The molecule has 0 atom stereocenters. The van der Waals surface area contributed by atoms with Crippen LogP contribution in [-0.2, 0) is 5.41 Å². The summed E-state index contributed by atoms with van der Waals surface area (Å²) in [4.78, 5) is 5.25. The maximum absolute atomic E-state index is 5.25. The number of benzene rings is 5. The average Bonchev–Trinajstić information content (AvgIpc) is 3.19. The lowest BCUT2D eigenvalue weighted by Crippen LogP contribution is -2.15. The summed E-state index contributed by atoms with van der Waals surface area (Å²) in [5.74, 6) is 0. The molecule has 0 saturated carbocycles. The lowest BCUT2D eigenvalue weighted by Gasteiger charge is -2.21. The number of rotatable bonds is 3. The second kappa shape index (κ2) is 8.28. The van der Waals surface area contributed by atoms with Gasteiger partial charge < -0.3 is 0 Å². The van der Waals surface area contributed by atoms with Crippen LogP contribution in [-0.4, -0.2) is 4.98 Å². The molecule has 1 heteroatoms. The third kappa shape index (κ3) is 3.58. The summed E-state index contributed by atoms with van der Waals surface area (Å²) < 4.78 is 0. The molecule has 1 aromatic heterocycles. The van der Waals surface area contributed by atoms with Crippen molar-refractivity contribution in [3.05, 3.63) is 139 Å². The molecular formula is C36H27N. The van der Waals surface area contributed by atoms with Crippen molar-refractivity contribution in [1.29, 1.82) is 0 Å². The van der Waals surface area contributed by atoms with Gasteiger partial charge in [-0.2, -0.15) is 0 Å². The van der Waals surface area contributed by atoms with Crippen molar-refractivity contribution in [1.82, 2.24) is 4.98 Å². The fourth-order valence-electron chi connectivity index (χ4n) is 5.77. The van der Waals surface area contributed by atoms with Gasteiger partial charge in [0.2, 0.25) is 0 Å². The molecule has 6 aromatic rings. The van der Waals surface area contributed by atoms with E-state index in [0.717, 1.165) is 17.0 Å². The molecule has 0 fully saturated rings. The van der Waals surface area contributed by atoms with E-state index in [4.69, 9.17) is 4.98 Å². The van der Waals surface area contributed by atoms with E-state index in [1.54, 1.807) is 0 Å². The zero-order valence-electron chi connectivity index (χ0n) is 21.1. The number of pyridine rings is 1. The fraction of sp³-hybridized carbons (Fsp3) is 0.0833. The normalized spacial score (nSPS) is 13.4. The molecule has 1 nitrogen and oxygen atoms in total. The van der Waals surface area contributed by atoms with Crippen LogP contribution in [0.15, 0.2) is 127 Å². The second-order valence-electron chi connectivity index (χ2n) is 10.5. The van der Waals surface area contributed by atoms with Crippen LogP contribution in [0.4, 0.5) is 0 Å². The van der Waals surface area contributed by atoms with Crippen LogP contribution in [0.5, 0.6) is 0 Å². The van der Waals surface area contributed by atoms with Crippen molar-refractivity contribution in [3.63, 3.8) is 0 Å². The Balaban J connectivity index is 1.32. The Kier molecular flexibility index (Phi) is 4.87. The molecule has 37 heavy (non-hydrogen) atoms. The molecule has 176 valence electrons. The molecule has 0 saturated heterocycles. The van der Waals surface area contributed by atoms with Gasteiger partial charge in [0, 0.05) is 16.5 Å². The van der Waals surface area contributed by atoms with Gasteiger partial charge in [0.15, 0.2) is 0 Å². The third-order valence-corrected chi connectivity index (χ3v) is 7.87. The first-order valence-electron chi connectivity index (χ1n) is 12.9. The summed E-state index contributed by atoms with van der Waals surface area (Å²) in [5, 5.41) is 2.47. The predicted molar refractivity (Wildman–Crippen MR) is 156 cm³/mol. The number of hydrogen-bond acceptors (Lipinski definition) is 1. The van der Waals surface area contributed by atoms with Crippen molar-refractivity contribution in [2.75, 3.05) is 0 Å². The SMILES string of the molecule is CC1(C)c2cc(-c3ccccc3)ccc2-c2nc(-c3ccc4ccc(-c5ccccc5)cc4c3)ccc21. The Morgan fingerprint density at radius 1 is 0.459 bits per heavy atom. The van der Waals surface area contributed by atoms with E-state index in [1.165, 1.54) is 49.7 Å². The quantitative estimate of drug-likeness (QED) is 0.249. The van der Waals surface area contributed by atoms with Crippen LogP contribution in [0.25, 0.3) is 55.5 Å². The summed E-state index contributed by atoms with van der Waals surface area (Å²) >= 11 is 0. The van der Waals surface area contributed by atoms with Crippen LogP contribution in [0.1, 0.15) is 25.0 Å². The Morgan fingerprint density at radius 2 is 1.05 bits per heavy atom. The van der Waals surface area contributed by atoms with Gasteiger partial charge in [-0.05, 0) is 68.4 Å². The average molecular weight is 474 g/mol. The van der Waals surface area contributed by atoms with Crippen molar-refractivity contribution in [2.45, 2.75) is 19.3 Å². The van der Waals surface area contributed by atoms with E-state index in [9.17, 15) is 0 Å². The van der Waals surface area contributed by atoms with Crippen LogP contribution < -0.4 is 0 Å². The highest BCUT2D eigenvalue weighted by atomic mass is 14.7. The topological polar surface area (TPSA) is 12.9 Å². The third-order valence-electron chi connectivity index (χ3n) is 7.87. The molecule has 0 spiro atoms. The van der Waals surface area contributed by atoms with Gasteiger partial charge in [0.05, 0.1) is 11.4 Å². The molecule has 1 heterocycles. The van der Waals surface area contributed by atoms with Gasteiger partial charge in [-0.3, -0.25) is 0 Å². The van der Waals surface area contributed by atoms with Crippen LogP contribution in [0, 0.1) is 0 Å². The summed E-state index contributed by atoms with van der Waals surface area (Å²) in [6.07, 6.45) is 0. The number of hydrogen-bond donors (Lipinski definition) is 0. The van der Waals surface area contributed by atoms with E-state index in [0.29, 0.717) is 0 Å². The fourth-order valence-corrected chi connectivity index (χ4v) is 5.77. The molecule has 0 bridgehead atoms. The molecule has 1 aliphatic carbocycles. The first kappa shape index (κ1) is 21.8. The van der Waals surface area contributed by atoms with E-state index < -0.39 is 0 Å². The molecule has 0 unspecified atom stereocenters. The van der Waals surface area contributed by atoms with Gasteiger partial charge in [-0.1, -0.05) is 117 Å². The van der Waals surface area contributed by atoms with Gasteiger partial charge in [0.25, 0.3) is 0 Å². The molecule has 1 aliphatic rings. The van der Waals surface area contributed by atoms with Gasteiger partial charge in [0.1, 0.15) is 0 Å². The molecule has 7 rings (SSSR count). The second-order valence-corrected chi connectivity index (χ2v) is 10.5. The Labute approximate surface area is 218 Å². The van der Waals surface area contributed by atoms with Crippen molar-refractivity contribution < 1.29 is 0 Å². The highest BCUT2D eigenvalue weighted by Crippen LogP contribution is 2.49. The Morgan fingerprint density at radius 3 is 1.76 bits per heavy atom. The molecule has 5 aromatic carbocycles. The van der Waals surface area contributed by atoms with Crippen molar-refractivity contribution in [2.24, 2.45) is 0 Å². The maximum atomic E-state index is 5.25. The lowest BCUT2D eigenvalue weighted by molar-refractivity contribution is 0.659. The standard InChI is InChI=1S/C36H27N/c1-36(2)32-19-20-34(37-35(32)31-18-17-28(23-33(31)36)25-11-7-4-8-12-25)29-16-14-26-13-15-27(21-30(26)22-29)24-9-5-3-6-10-24/h3-23H,1-2H3. The van der Waals surface area contributed by atoms with Crippen LogP contribution >= 0.6 is 0 Å². The van der Waals surface area contributed by atoms with E-state index >= 15 is 0 Å². The largest absolute Gasteiger partial charge is 0.247 e. The maximum Gasteiger partial charge on any atom is 0.0753 e. The highest BCUT2D eigenvalue weighted by Gasteiger charge is 2.36. The van der Waals surface area contributed by atoms with Crippen LogP contribution in [0.3, 0.4) is 0 Å². The summed E-state index contributed by atoms with van der Waals surface area (Å²) in [6.45, 7) is 4.63. The number of nitrogens with zero attached hydrogens (tertiary/aromatic N) is 1. The lowest BCUT2D eigenvalue weighted by atomic mass is 9.81. The minimum atomic E-state index is -0.0883.